The van der Waals surface area contributed by atoms with E-state index in [9.17, 15) is 28.1 Å². The number of benzene rings is 1. The molecule has 1 amide bonds. The van der Waals surface area contributed by atoms with Gasteiger partial charge in [0, 0.05) is 19.2 Å². The highest BCUT2D eigenvalue weighted by atomic mass is 35.5. The molecule has 0 aliphatic carbocycles. The average Bonchev–Trinajstić information content (AvgIpc) is 2.85. The minimum Gasteiger partial charge on any atom is -0.369 e. The molecule has 1 aliphatic rings. The maximum atomic E-state index is 12.8. The van der Waals surface area contributed by atoms with Crippen LogP contribution in [0, 0.1) is 16.0 Å². The van der Waals surface area contributed by atoms with Gasteiger partial charge in [-0.3, -0.25) is 14.9 Å². The Labute approximate surface area is 127 Å². The zero-order chi connectivity index (χ0) is 16.7. The van der Waals surface area contributed by atoms with Crippen molar-refractivity contribution in [3.63, 3.8) is 0 Å². The molecule has 0 spiro atoms. The quantitative estimate of drug-likeness (QED) is 0.678. The largest absolute Gasteiger partial charge is 0.418 e. The van der Waals surface area contributed by atoms with Crippen molar-refractivity contribution in [1.82, 2.24) is 0 Å². The molecule has 10 heteroatoms. The van der Waals surface area contributed by atoms with Crippen LogP contribution in [-0.4, -0.2) is 23.9 Å². The summed E-state index contributed by atoms with van der Waals surface area (Å²) in [5, 5.41) is 10.4. The topological polar surface area (TPSA) is 89.5 Å². The van der Waals surface area contributed by atoms with E-state index >= 15 is 0 Å². The standard InChI is InChI=1S/C12H11ClF3N3O3/c13-8-4-9(18-2-1-6(5-18)11(17)20)10(19(21)22)3-7(8)12(14,15)16/h3-4,6H,1-2,5H2,(H2,17,20). The molecule has 120 valence electrons. The number of hydrogen-bond acceptors (Lipinski definition) is 4. The van der Waals surface area contributed by atoms with E-state index in [4.69, 9.17) is 17.3 Å². The van der Waals surface area contributed by atoms with Gasteiger partial charge in [-0.25, -0.2) is 0 Å². The van der Waals surface area contributed by atoms with Crippen LogP contribution < -0.4 is 10.6 Å². The number of nitrogens with zero attached hydrogens (tertiary/aromatic N) is 2. The fourth-order valence-electron chi connectivity index (χ4n) is 2.38. The maximum absolute atomic E-state index is 12.8. The summed E-state index contributed by atoms with van der Waals surface area (Å²) in [4.78, 5) is 22.7. The first-order valence-corrected chi connectivity index (χ1v) is 6.58. The van der Waals surface area contributed by atoms with Crippen molar-refractivity contribution < 1.29 is 22.9 Å². The summed E-state index contributed by atoms with van der Waals surface area (Å²) in [5.74, 6) is -1.05. The molecule has 0 saturated carbocycles. The van der Waals surface area contributed by atoms with E-state index in [-0.39, 0.29) is 18.8 Å². The van der Waals surface area contributed by atoms with E-state index < -0.39 is 39.2 Å². The minimum absolute atomic E-state index is 0.0493. The molecule has 1 aromatic rings. The second-order valence-corrected chi connectivity index (χ2v) is 5.32. The van der Waals surface area contributed by atoms with Crippen molar-refractivity contribution in [1.29, 1.82) is 0 Å². The Morgan fingerprint density at radius 1 is 1.45 bits per heavy atom. The highest BCUT2D eigenvalue weighted by Crippen LogP contribution is 2.42. The van der Waals surface area contributed by atoms with Gasteiger partial charge < -0.3 is 10.6 Å². The second kappa shape index (κ2) is 5.64. The van der Waals surface area contributed by atoms with Crippen LogP contribution in [0.25, 0.3) is 0 Å². The van der Waals surface area contributed by atoms with Gasteiger partial charge in [0.2, 0.25) is 5.91 Å². The molecular formula is C12H11ClF3N3O3. The van der Waals surface area contributed by atoms with E-state index in [0.29, 0.717) is 12.5 Å². The van der Waals surface area contributed by atoms with E-state index in [1.807, 2.05) is 0 Å². The van der Waals surface area contributed by atoms with E-state index in [1.165, 1.54) is 4.90 Å². The van der Waals surface area contributed by atoms with E-state index in [0.717, 1.165) is 6.07 Å². The Morgan fingerprint density at radius 3 is 2.55 bits per heavy atom. The predicted molar refractivity (Wildman–Crippen MR) is 72.6 cm³/mol. The van der Waals surface area contributed by atoms with Gasteiger partial charge in [-0.15, -0.1) is 0 Å². The van der Waals surface area contributed by atoms with Gasteiger partial charge in [0.05, 0.1) is 21.4 Å². The SMILES string of the molecule is NC(=O)C1CCN(c2cc(Cl)c(C(F)(F)F)cc2[N+](=O)[O-])C1. The predicted octanol–water partition coefficient (Wildman–Crippen LogP) is 2.58. The van der Waals surface area contributed by atoms with Crippen LogP contribution in [0.5, 0.6) is 0 Å². The Bertz CT molecular complexity index is 636. The monoisotopic (exact) mass is 337 g/mol. The lowest BCUT2D eigenvalue weighted by molar-refractivity contribution is -0.384. The first-order chi connectivity index (χ1) is 10.1. The van der Waals surface area contributed by atoms with Gasteiger partial charge in [-0.1, -0.05) is 11.6 Å². The molecule has 0 aromatic heterocycles. The molecule has 1 unspecified atom stereocenters. The molecule has 1 fully saturated rings. The number of hydrogen-bond donors (Lipinski definition) is 1. The first kappa shape index (κ1) is 16.3. The molecule has 0 radical (unpaired) electrons. The molecule has 22 heavy (non-hydrogen) atoms. The summed E-state index contributed by atoms with van der Waals surface area (Å²) >= 11 is 5.61. The normalized spacial score (nSPS) is 18.5. The summed E-state index contributed by atoms with van der Waals surface area (Å²) in [6.07, 6.45) is -4.41. The third-order valence-electron chi connectivity index (χ3n) is 3.50. The average molecular weight is 338 g/mol. The lowest BCUT2D eigenvalue weighted by atomic mass is 10.1. The molecule has 1 aromatic carbocycles. The Kier molecular flexibility index (Phi) is 4.19. The third-order valence-corrected chi connectivity index (χ3v) is 3.81. The summed E-state index contributed by atoms with van der Waals surface area (Å²) in [7, 11) is 0. The number of alkyl halides is 3. The van der Waals surface area contributed by atoms with Gasteiger partial charge >= 0.3 is 6.18 Å². The number of primary amides is 1. The Morgan fingerprint density at radius 2 is 2.09 bits per heavy atom. The molecule has 2 rings (SSSR count). The van der Waals surface area contributed by atoms with Crippen molar-refractivity contribution in [3.05, 3.63) is 32.8 Å². The summed E-state index contributed by atoms with van der Waals surface area (Å²) in [6, 6.07) is 1.32. The highest BCUT2D eigenvalue weighted by molar-refractivity contribution is 6.31. The molecule has 2 N–H and O–H groups in total. The van der Waals surface area contributed by atoms with Crippen LogP contribution in [0.2, 0.25) is 5.02 Å². The van der Waals surface area contributed by atoms with Gasteiger partial charge in [-0.2, -0.15) is 13.2 Å². The van der Waals surface area contributed by atoms with Crippen LogP contribution in [-0.2, 0) is 11.0 Å². The van der Waals surface area contributed by atoms with Crippen molar-refractivity contribution in [2.45, 2.75) is 12.6 Å². The summed E-state index contributed by atoms with van der Waals surface area (Å²) in [5.41, 5.74) is 3.15. The lowest BCUT2D eigenvalue weighted by Crippen LogP contribution is -2.27. The maximum Gasteiger partial charge on any atom is 0.418 e. The van der Waals surface area contributed by atoms with Crippen molar-refractivity contribution in [3.8, 4) is 0 Å². The van der Waals surface area contributed by atoms with E-state index in [2.05, 4.69) is 0 Å². The van der Waals surface area contributed by atoms with Crippen LogP contribution in [0.1, 0.15) is 12.0 Å². The second-order valence-electron chi connectivity index (χ2n) is 4.91. The molecule has 1 heterocycles. The van der Waals surface area contributed by atoms with Crippen LogP contribution in [0.3, 0.4) is 0 Å². The molecule has 1 saturated heterocycles. The summed E-state index contributed by atoms with van der Waals surface area (Å²) < 4.78 is 38.4. The number of carbonyl (C=O) groups is 1. The van der Waals surface area contributed by atoms with Gasteiger partial charge in [0.1, 0.15) is 5.69 Å². The smallest absolute Gasteiger partial charge is 0.369 e. The Balaban J connectivity index is 2.46. The van der Waals surface area contributed by atoms with Crippen LogP contribution >= 0.6 is 11.6 Å². The number of nitrogens with two attached hydrogens (primary N) is 1. The van der Waals surface area contributed by atoms with Crippen LogP contribution in [0.15, 0.2) is 12.1 Å². The number of anilines is 1. The number of nitro groups is 1. The number of nitro benzene ring substituents is 1. The number of amides is 1. The molecular weight excluding hydrogens is 327 g/mol. The van der Waals surface area contributed by atoms with Gasteiger partial charge in [0.15, 0.2) is 0 Å². The molecule has 0 bridgehead atoms. The molecule has 1 aliphatic heterocycles. The number of carbonyl (C=O) groups excluding carboxylic acids is 1. The zero-order valence-electron chi connectivity index (χ0n) is 11.1. The van der Waals surface area contributed by atoms with Crippen molar-refractivity contribution in [2.75, 3.05) is 18.0 Å². The summed E-state index contributed by atoms with van der Waals surface area (Å²) in [6.45, 7) is 0.383. The number of halogens is 4. The number of rotatable bonds is 3. The van der Waals surface area contributed by atoms with Crippen molar-refractivity contribution >= 4 is 28.9 Å². The molecule has 1 atom stereocenters. The van der Waals surface area contributed by atoms with Crippen LogP contribution in [0.4, 0.5) is 24.5 Å². The van der Waals surface area contributed by atoms with Gasteiger partial charge in [0.25, 0.3) is 5.69 Å². The highest BCUT2D eigenvalue weighted by Gasteiger charge is 2.38. The zero-order valence-corrected chi connectivity index (χ0v) is 11.8. The van der Waals surface area contributed by atoms with Crippen molar-refractivity contribution in [2.24, 2.45) is 11.7 Å². The Hall–Kier alpha value is -2.03. The fourth-order valence-corrected chi connectivity index (χ4v) is 2.64. The van der Waals surface area contributed by atoms with Gasteiger partial charge in [-0.05, 0) is 12.5 Å². The first-order valence-electron chi connectivity index (χ1n) is 6.20. The third kappa shape index (κ3) is 3.08. The fraction of sp³-hybridized carbons (Fsp3) is 0.417. The lowest BCUT2D eigenvalue weighted by Gasteiger charge is -2.20. The van der Waals surface area contributed by atoms with E-state index in [1.54, 1.807) is 0 Å². The molecule has 6 nitrogen and oxygen atoms in total. The minimum atomic E-state index is -4.79.